The van der Waals surface area contributed by atoms with Crippen LogP contribution in [0.15, 0.2) is 54.7 Å². The molecule has 0 saturated heterocycles. The molecule has 0 aliphatic rings. The molecule has 31 heavy (non-hydrogen) atoms. The number of fused-ring (bicyclic) bond motifs is 1. The molecule has 2 N–H and O–H groups in total. The van der Waals surface area contributed by atoms with Crippen LogP contribution in [0.4, 0.5) is 5.69 Å². The number of nitrogens with one attached hydrogen (secondary N) is 2. The maximum absolute atomic E-state index is 12.5. The lowest BCUT2D eigenvalue weighted by atomic mass is 10.1. The van der Waals surface area contributed by atoms with Gasteiger partial charge in [0, 0.05) is 50.0 Å². The minimum atomic E-state index is -3.45. The molecule has 0 saturated carbocycles. The van der Waals surface area contributed by atoms with Crippen LogP contribution >= 0.6 is 0 Å². The van der Waals surface area contributed by atoms with Gasteiger partial charge in [0.1, 0.15) is 0 Å². The van der Waals surface area contributed by atoms with Crippen molar-refractivity contribution in [3.05, 3.63) is 65.9 Å². The maximum Gasteiger partial charge on any atom is 0.278 e. The van der Waals surface area contributed by atoms with E-state index in [1.54, 1.807) is 12.1 Å². The number of carbonyl (C=O) groups is 1. The quantitative estimate of drug-likeness (QED) is 0.532. The van der Waals surface area contributed by atoms with Crippen molar-refractivity contribution < 1.29 is 13.2 Å². The Bertz CT molecular complexity index is 1150. The van der Waals surface area contributed by atoms with E-state index in [-0.39, 0.29) is 5.91 Å². The maximum atomic E-state index is 12.5. The fourth-order valence-corrected chi connectivity index (χ4v) is 4.04. The van der Waals surface area contributed by atoms with E-state index < -0.39 is 10.2 Å². The van der Waals surface area contributed by atoms with Crippen molar-refractivity contribution in [1.29, 1.82) is 0 Å². The Morgan fingerprint density at radius 1 is 1.10 bits per heavy atom. The van der Waals surface area contributed by atoms with Gasteiger partial charge in [-0.05, 0) is 42.2 Å². The average molecular weight is 443 g/mol. The highest BCUT2D eigenvalue weighted by Crippen LogP contribution is 2.26. The first-order valence-electron chi connectivity index (χ1n) is 10.3. The van der Waals surface area contributed by atoms with Gasteiger partial charge in [-0.2, -0.15) is 12.7 Å². The molecule has 3 rings (SSSR count). The van der Waals surface area contributed by atoms with E-state index in [0.717, 1.165) is 33.0 Å². The van der Waals surface area contributed by atoms with Crippen LogP contribution in [-0.4, -0.2) is 43.8 Å². The van der Waals surface area contributed by atoms with Gasteiger partial charge >= 0.3 is 0 Å². The van der Waals surface area contributed by atoms with Crippen molar-refractivity contribution in [2.24, 2.45) is 5.92 Å². The average Bonchev–Trinajstić information content (AvgIpc) is 3.04. The lowest BCUT2D eigenvalue weighted by molar-refractivity contribution is 0.102. The van der Waals surface area contributed by atoms with Crippen molar-refractivity contribution in [1.82, 2.24) is 13.6 Å². The van der Waals surface area contributed by atoms with Crippen molar-refractivity contribution in [2.75, 3.05) is 26.0 Å². The summed E-state index contributed by atoms with van der Waals surface area (Å²) in [6.45, 7) is 5.44. The lowest BCUT2D eigenvalue weighted by Gasteiger charge is -2.11. The highest BCUT2D eigenvalue weighted by atomic mass is 32.2. The number of hydrogen-bond acceptors (Lipinski definition) is 3. The molecule has 8 heteroatoms. The predicted octanol–water partition coefficient (Wildman–Crippen LogP) is 3.49. The number of rotatable bonds is 9. The highest BCUT2D eigenvalue weighted by molar-refractivity contribution is 7.87. The summed E-state index contributed by atoms with van der Waals surface area (Å²) >= 11 is 0. The van der Waals surface area contributed by atoms with Crippen LogP contribution in [0, 0.1) is 5.92 Å². The summed E-state index contributed by atoms with van der Waals surface area (Å²) in [6.07, 6.45) is 2.65. The molecule has 2 aromatic carbocycles. The summed E-state index contributed by atoms with van der Waals surface area (Å²) < 4.78 is 29.9. The third kappa shape index (κ3) is 5.72. The molecule has 0 atom stereocenters. The molecule has 7 nitrogen and oxygen atoms in total. The second-order valence-corrected chi connectivity index (χ2v) is 10.2. The summed E-state index contributed by atoms with van der Waals surface area (Å²) in [6, 6.07) is 15.0. The number of aromatic nitrogens is 1. The molecular weight excluding hydrogens is 412 g/mol. The zero-order valence-corrected chi connectivity index (χ0v) is 19.2. The molecule has 1 amide bonds. The number of nitrogens with zero attached hydrogens (tertiary/aromatic N) is 2. The number of carbonyl (C=O) groups excluding carboxylic acids is 1. The van der Waals surface area contributed by atoms with Gasteiger partial charge in [0.15, 0.2) is 0 Å². The fourth-order valence-electron chi connectivity index (χ4n) is 3.43. The molecule has 0 aliphatic heterocycles. The second-order valence-electron chi connectivity index (χ2n) is 8.18. The molecule has 1 aromatic heterocycles. The second kappa shape index (κ2) is 9.64. The first-order chi connectivity index (χ1) is 14.7. The van der Waals surface area contributed by atoms with Crippen molar-refractivity contribution >= 4 is 32.7 Å². The standard InChI is InChI=1S/C23H30N4O3S/c1-17(2)15-27-16-19(12-13-24-31(29,30)26(3)4)21-11-10-20(14-22(21)27)25-23(28)18-8-6-5-7-9-18/h5-11,14,16-17,24H,12-13,15H2,1-4H3,(H,25,28). The summed E-state index contributed by atoms with van der Waals surface area (Å²) in [5.74, 6) is 0.290. The van der Waals surface area contributed by atoms with E-state index in [9.17, 15) is 13.2 Å². The highest BCUT2D eigenvalue weighted by Gasteiger charge is 2.15. The normalized spacial score (nSPS) is 12.1. The van der Waals surface area contributed by atoms with Gasteiger partial charge in [0.2, 0.25) is 0 Å². The van der Waals surface area contributed by atoms with Gasteiger partial charge in [-0.25, -0.2) is 4.72 Å². The SMILES string of the molecule is CC(C)Cn1cc(CCNS(=O)(=O)N(C)C)c2ccc(NC(=O)c3ccccc3)cc21. The monoisotopic (exact) mass is 442 g/mol. The Morgan fingerprint density at radius 3 is 2.45 bits per heavy atom. The van der Waals surface area contributed by atoms with Crippen molar-refractivity contribution in [3.63, 3.8) is 0 Å². The van der Waals surface area contributed by atoms with Crippen molar-refractivity contribution in [2.45, 2.75) is 26.8 Å². The van der Waals surface area contributed by atoms with E-state index in [4.69, 9.17) is 0 Å². The lowest BCUT2D eigenvalue weighted by Crippen LogP contribution is -2.36. The van der Waals surface area contributed by atoms with Crippen LogP contribution in [0.25, 0.3) is 10.9 Å². The number of hydrogen-bond donors (Lipinski definition) is 2. The zero-order chi connectivity index (χ0) is 22.6. The number of anilines is 1. The minimum Gasteiger partial charge on any atom is -0.347 e. The zero-order valence-electron chi connectivity index (χ0n) is 18.4. The first kappa shape index (κ1) is 23.0. The predicted molar refractivity (Wildman–Crippen MR) is 125 cm³/mol. The van der Waals surface area contributed by atoms with Gasteiger partial charge in [-0.1, -0.05) is 38.1 Å². The Morgan fingerprint density at radius 2 is 1.81 bits per heavy atom. The van der Waals surface area contributed by atoms with Gasteiger partial charge in [-0.15, -0.1) is 0 Å². The Balaban J connectivity index is 1.85. The van der Waals surface area contributed by atoms with Crippen molar-refractivity contribution in [3.8, 4) is 0 Å². The van der Waals surface area contributed by atoms with E-state index in [0.29, 0.717) is 24.4 Å². The van der Waals surface area contributed by atoms with Gasteiger partial charge in [0.25, 0.3) is 16.1 Å². The van der Waals surface area contributed by atoms with E-state index >= 15 is 0 Å². The first-order valence-corrected chi connectivity index (χ1v) is 11.8. The summed E-state index contributed by atoms with van der Waals surface area (Å²) in [5.41, 5.74) is 3.42. The van der Waals surface area contributed by atoms with Crippen LogP contribution in [-0.2, 0) is 23.2 Å². The Labute approximate surface area is 184 Å². The molecule has 0 unspecified atom stereocenters. The summed E-state index contributed by atoms with van der Waals surface area (Å²) in [4.78, 5) is 12.5. The van der Waals surface area contributed by atoms with Crippen LogP contribution in [0.5, 0.6) is 0 Å². The van der Waals surface area contributed by atoms with E-state index in [2.05, 4.69) is 34.7 Å². The van der Waals surface area contributed by atoms with Gasteiger partial charge in [-0.3, -0.25) is 4.79 Å². The van der Waals surface area contributed by atoms with Gasteiger partial charge < -0.3 is 9.88 Å². The van der Waals surface area contributed by atoms with Crippen LogP contribution < -0.4 is 10.0 Å². The smallest absolute Gasteiger partial charge is 0.278 e. The van der Waals surface area contributed by atoms with E-state index in [1.807, 2.05) is 36.4 Å². The molecule has 0 bridgehead atoms. The molecule has 1 heterocycles. The molecule has 3 aromatic rings. The largest absolute Gasteiger partial charge is 0.347 e. The molecule has 0 aliphatic carbocycles. The Hall–Kier alpha value is -2.68. The minimum absolute atomic E-state index is 0.153. The third-order valence-corrected chi connectivity index (χ3v) is 6.51. The Kier molecular flexibility index (Phi) is 7.15. The van der Waals surface area contributed by atoms with Gasteiger partial charge in [0.05, 0.1) is 5.52 Å². The molecule has 166 valence electrons. The van der Waals surface area contributed by atoms with Crippen LogP contribution in [0.1, 0.15) is 29.8 Å². The molecular formula is C23H30N4O3S. The molecule has 0 spiro atoms. The van der Waals surface area contributed by atoms with Crippen LogP contribution in [0.2, 0.25) is 0 Å². The topological polar surface area (TPSA) is 83.4 Å². The number of benzene rings is 2. The number of amides is 1. The summed E-state index contributed by atoms with van der Waals surface area (Å²) in [5, 5.41) is 4.02. The fraction of sp³-hybridized carbons (Fsp3) is 0.348. The third-order valence-electron chi connectivity index (χ3n) is 4.98. The summed E-state index contributed by atoms with van der Waals surface area (Å²) in [7, 11) is -0.447. The van der Waals surface area contributed by atoms with Crippen LogP contribution in [0.3, 0.4) is 0 Å². The molecule has 0 fully saturated rings. The van der Waals surface area contributed by atoms with E-state index in [1.165, 1.54) is 14.1 Å². The molecule has 0 radical (unpaired) electrons.